The summed E-state index contributed by atoms with van der Waals surface area (Å²) in [5.41, 5.74) is 3.31. The number of aromatic nitrogens is 3. The van der Waals surface area contributed by atoms with Crippen molar-refractivity contribution in [3.63, 3.8) is 0 Å². The average molecular weight is 630 g/mol. The number of anilines is 1. The number of carbonyl (C=O) groups is 1. The van der Waals surface area contributed by atoms with E-state index in [2.05, 4.69) is 24.6 Å². The van der Waals surface area contributed by atoms with Gasteiger partial charge in [0.1, 0.15) is 23.4 Å². The summed E-state index contributed by atoms with van der Waals surface area (Å²) in [6, 6.07) is 10.8. The molecular weight excluding hydrogens is 597 g/mol. The number of carbonyl (C=O) groups excluding carboxylic acids is 1. The van der Waals surface area contributed by atoms with E-state index in [1.165, 1.54) is 4.90 Å². The Labute approximate surface area is 265 Å². The maximum absolute atomic E-state index is 13.8. The highest BCUT2D eigenvalue weighted by atomic mass is 35.5. The molecule has 12 heteroatoms. The maximum Gasteiger partial charge on any atom is 0.319 e. The van der Waals surface area contributed by atoms with Crippen LogP contribution in [0.1, 0.15) is 24.8 Å². The largest absolute Gasteiger partial charge is 0.508 e. The highest BCUT2D eigenvalue weighted by Crippen LogP contribution is 2.40. The van der Waals surface area contributed by atoms with E-state index in [1.807, 2.05) is 24.0 Å². The third kappa shape index (κ3) is 5.83. The second-order valence-electron chi connectivity index (χ2n) is 11.6. The predicted molar refractivity (Wildman–Crippen MR) is 171 cm³/mol. The van der Waals surface area contributed by atoms with Crippen molar-refractivity contribution in [3.8, 4) is 29.0 Å². The molecule has 10 nitrogen and oxygen atoms in total. The molecule has 232 valence electrons. The van der Waals surface area contributed by atoms with E-state index in [1.54, 1.807) is 24.4 Å². The normalized spacial score (nSPS) is 18.8. The van der Waals surface area contributed by atoms with E-state index in [9.17, 15) is 19.6 Å². The standard InChI is InChI=1S/C33H33ClFN7O3/c1-19-26(25-15-24(43)14-21-6-4-8-27(34)28(21)25)16-37-30-29(19)38-33(45-18-23-7-5-11-40(23)3)39-31(30)41-12-13-42(32(44)20(2)35)22(17-41)9-10-36/h4,6,8,14-16,22-23,43H,2,5,7,9,11-13,17-18H2,1,3H3/t22-,23-/m0/s1. The zero-order valence-corrected chi connectivity index (χ0v) is 25.9. The lowest BCUT2D eigenvalue weighted by atomic mass is 9.95. The van der Waals surface area contributed by atoms with Gasteiger partial charge in [0.05, 0.1) is 18.5 Å². The Hall–Kier alpha value is -4.53. The SMILES string of the molecule is C=C(F)C(=O)N1CCN(c2nc(OC[C@@H]3CCCN3C)nc3c(C)c(-c4cc(O)cc5cccc(Cl)c45)cnc23)C[C@@H]1CC#N. The van der Waals surface area contributed by atoms with E-state index < -0.39 is 17.8 Å². The number of benzene rings is 2. The summed E-state index contributed by atoms with van der Waals surface area (Å²) in [7, 11) is 2.07. The van der Waals surface area contributed by atoms with Crippen molar-refractivity contribution in [2.24, 2.45) is 0 Å². The second kappa shape index (κ2) is 12.5. The summed E-state index contributed by atoms with van der Waals surface area (Å²) >= 11 is 6.66. The van der Waals surface area contributed by atoms with Crippen LogP contribution in [-0.4, -0.2) is 87.7 Å². The molecule has 2 aliphatic rings. The van der Waals surface area contributed by atoms with Gasteiger partial charge in [0.25, 0.3) is 5.91 Å². The number of amides is 1. The molecule has 6 rings (SSSR count). The first-order chi connectivity index (χ1) is 21.7. The Morgan fingerprint density at radius 3 is 2.76 bits per heavy atom. The number of phenolic OH excluding ortho intramolecular Hbond substituents is 1. The molecule has 2 fully saturated rings. The number of nitrogens with zero attached hydrogens (tertiary/aromatic N) is 7. The van der Waals surface area contributed by atoms with Crippen LogP contribution >= 0.6 is 11.6 Å². The Morgan fingerprint density at radius 1 is 1.20 bits per heavy atom. The number of piperazine rings is 1. The highest BCUT2D eigenvalue weighted by molar-refractivity contribution is 6.36. The van der Waals surface area contributed by atoms with Gasteiger partial charge < -0.3 is 24.5 Å². The average Bonchev–Trinajstić information content (AvgIpc) is 3.43. The van der Waals surface area contributed by atoms with Crippen LogP contribution in [0.5, 0.6) is 11.8 Å². The number of likely N-dealkylation sites (N-methyl/N-ethyl adjacent to an activating group) is 1. The molecular formula is C33H33ClFN7O3. The summed E-state index contributed by atoms with van der Waals surface area (Å²) in [5.74, 6) is -1.28. The number of phenols is 1. The first-order valence-electron chi connectivity index (χ1n) is 14.9. The summed E-state index contributed by atoms with van der Waals surface area (Å²) in [6.45, 7) is 7.24. The van der Waals surface area contributed by atoms with Crippen molar-refractivity contribution in [2.75, 3.05) is 44.7 Å². The Balaban J connectivity index is 1.47. The lowest BCUT2D eigenvalue weighted by Crippen LogP contribution is -2.55. The van der Waals surface area contributed by atoms with Gasteiger partial charge in [0, 0.05) is 47.8 Å². The summed E-state index contributed by atoms with van der Waals surface area (Å²) in [5, 5.41) is 22.2. The number of rotatable bonds is 7. The van der Waals surface area contributed by atoms with Gasteiger partial charge in [0.2, 0.25) is 0 Å². The third-order valence-electron chi connectivity index (χ3n) is 8.81. The Bertz CT molecular complexity index is 1860. The minimum absolute atomic E-state index is 0.0118. The molecule has 2 aromatic heterocycles. The van der Waals surface area contributed by atoms with Gasteiger partial charge in [-0.05, 0) is 68.1 Å². The number of pyridine rings is 1. The lowest BCUT2D eigenvalue weighted by molar-refractivity contribution is -0.131. The number of hydrogen-bond donors (Lipinski definition) is 1. The maximum atomic E-state index is 13.8. The number of aromatic hydroxyl groups is 1. The smallest absolute Gasteiger partial charge is 0.319 e. The van der Waals surface area contributed by atoms with Crippen LogP contribution in [0.4, 0.5) is 10.2 Å². The number of ether oxygens (including phenoxy) is 1. The Morgan fingerprint density at radius 2 is 2.02 bits per heavy atom. The van der Waals surface area contributed by atoms with Crippen molar-refractivity contribution in [1.82, 2.24) is 24.8 Å². The molecule has 45 heavy (non-hydrogen) atoms. The van der Waals surface area contributed by atoms with Gasteiger partial charge in [0.15, 0.2) is 11.6 Å². The van der Waals surface area contributed by atoms with Crippen molar-refractivity contribution in [3.05, 3.63) is 59.5 Å². The molecule has 2 atom stereocenters. The molecule has 1 amide bonds. The molecule has 4 heterocycles. The molecule has 2 aliphatic heterocycles. The first kappa shape index (κ1) is 30.5. The summed E-state index contributed by atoms with van der Waals surface area (Å²) in [4.78, 5) is 32.5. The van der Waals surface area contributed by atoms with Gasteiger partial charge in [-0.2, -0.15) is 15.2 Å². The van der Waals surface area contributed by atoms with Gasteiger partial charge in [-0.15, -0.1) is 0 Å². The zero-order chi connectivity index (χ0) is 31.8. The number of halogens is 2. The highest BCUT2D eigenvalue weighted by Gasteiger charge is 2.34. The van der Waals surface area contributed by atoms with Crippen LogP contribution in [0.15, 0.2) is 48.9 Å². The van der Waals surface area contributed by atoms with Crippen LogP contribution in [0.25, 0.3) is 32.9 Å². The predicted octanol–water partition coefficient (Wildman–Crippen LogP) is 5.40. The van der Waals surface area contributed by atoms with Gasteiger partial charge in [-0.25, -0.2) is 4.39 Å². The van der Waals surface area contributed by atoms with Crippen molar-refractivity contribution >= 4 is 45.1 Å². The molecule has 0 saturated carbocycles. The molecule has 2 saturated heterocycles. The number of nitriles is 1. The monoisotopic (exact) mass is 629 g/mol. The minimum atomic E-state index is -1.06. The third-order valence-corrected chi connectivity index (χ3v) is 9.12. The fourth-order valence-electron chi connectivity index (χ4n) is 6.40. The molecule has 0 unspecified atom stereocenters. The summed E-state index contributed by atoms with van der Waals surface area (Å²) < 4.78 is 20.0. The number of fused-ring (bicyclic) bond motifs is 2. The van der Waals surface area contributed by atoms with Gasteiger partial charge in [-0.1, -0.05) is 30.3 Å². The number of likely N-dealkylation sites (tertiary alicyclic amines) is 1. The molecule has 0 aliphatic carbocycles. The van der Waals surface area contributed by atoms with Crippen LogP contribution < -0.4 is 9.64 Å². The zero-order valence-electron chi connectivity index (χ0n) is 25.1. The first-order valence-corrected chi connectivity index (χ1v) is 15.2. The number of hydrogen-bond acceptors (Lipinski definition) is 9. The fourth-order valence-corrected chi connectivity index (χ4v) is 6.69. The van der Waals surface area contributed by atoms with Gasteiger partial charge >= 0.3 is 6.01 Å². The minimum Gasteiger partial charge on any atom is -0.508 e. The topological polar surface area (TPSA) is 119 Å². The molecule has 0 spiro atoms. The van der Waals surface area contributed by atoms with Crippen LogP contribution in [0, 0.1) is 18.3 Å². The quantitative estimate of drug-likeness (QED) is 0.268. The van der Waals surface area contributed by atoms with E-state index in [0.717, 1.165) is 41.3 Å². The second-order valence-corrected chi connectivity index (χ2v) is 12.0. The molecule has 4 aromatic rings. The lowest BCUT2D eigenvalue weighted by Gasteiger charge is -2.41. The molecule has 1 N–H and O–H groups in total. The van der Waals surface area contributed by atoms with Crippen molar-refractivity contribution < 1.29 is 19.0 Å². The van der Waals surface area contributed by atoms with Gasteiger partial charge in [-0.3, -0.25) is 9.78 Å². The number of aryl methyl sites for hydroxylation is 1. The molecule has 0 bridgehead atoms. The van der Waals surface area contributed by atoms with E-state index in [4.69, 9.17) is 31.3 Å². The van der Waals surface area contributed by atoms with E-state index in [-0.39, 0.29) is 37.3 Å². The van der Waals surface area contributed by atoms with Crippen molar-refractivity contribution in [2.45, 2.75) is 38.3 Å². The Kier molecular flexibility index (Phi) is 8.44. The van der Waals surface area contributed by atoms with Crippen LogP contribution in [0.2, 0.25) is 5.02 Å². The van der Waals surface area contributed by atoms with Crippen molar-refractivity contribution in [1.29, 1.82) is 5.26 Å². The van der Waals surface area contributed by atoms with E-state index >= 15 is 0 Å². The van der Waals surface area contributed by atoms with Crippen LogP contribution in [0.3, 0.4) is 0 Å². The molecule has 2 aromatic carbocycles. The summed E-state index contributed by atoms with van der Waals surface area (Å²) in [6.07, 6.45) is 3.84. The molecule has 0 radical (unpaired) electrons. The fraction of sp³-hybridized carbons (Fsp3) is 0.364. The van der Waals surface area contributed by atoms with Crippen LogP contribution in [-0.2, 0) is 4.79 Å². The van der Waals surface area contributed by atoms with E-state index in [0.29, 0.717) is 40.6 Å².